The minimum atomic E-state index is -0.0387. The summed E-state index contributed by atoms with van der Waals surface area (Å²) < 4.78 is 0. The van der Waals surface area contributed by atoms with Gasteiger partial charge in [0.15, 0.2) is 0 Å². The first kappa shape index (κ1) is 14.9. The highest BCUT2D eigenvalue weighted by Gasteiger charge is 2.08. The lowest BCUT2D eigenvalue weighted by Crippen LogP contribution is -2.22. The van der Waals surface area contributed by atoms with Crippen LogP contribution in [0, 0.1) is 5.92 Å². The van der Waals surface area contributed by atoms with Crippen molar-refractivity contribution in [2.24, 2.45) is 5.92 Å². The summed E-state index contributed by atoms with van der Waals surface area (Å²) in [7, 11) is 0. The van der Waals surface area contributed by atoms with Gasteiger partial charge in [-0.3, -0.25) is 4.79 Å². The molecule has 0 unspecified atom stereocenters. The molecule has 0 aliphatic rings. The molecule has 0 fully saturated rings. The van der Waals surface area contributed by atoms with E-state index in [2.05, 4.69) is 19.2 Å². The first-order valence-electron chi connectivity index (χ1n) is 6.35. The van der Waals surface area contributed by atoms with E-state index in [-0.39, 0.29) is 5.91 Å². The monoisotopic (exact) mass is 266 g/mol. The molecular weight excluding hydrogens is 244 g/mol. The second-order valence-corrected chi connectivity index (χ2v) is 5.78. The van der Waals surface area contributed by atoms with Gasteiger partial charge in [0.05, 0.1) is 0 Å². The second kappa shape index (κ2) is 7.31. The van der Waals surface area contributed by atoms with Crippen molar-refractivity contribution in [3.05, 3.63) is 23.8 Å². The zero-order chi connectivity index (χ0) is 13.5. The van der Waals surface area contributed by atoms with Crippen molar-refractivity contribution >= 4 is 23.4 Å². The van der Waals surface area contributed by atoms with Gasteiger partial charge >= 0.3 is 0 Å². The smallest absolute Gasteiger partial charge is 0.251 e. The lowest BCUT2D eigenvalue weighted by molar-refractivity contribution is 0.0955. The molecule has 0 saturated heterocycles. The van der Waals surface area contributed by atoms with Gasteiger partial charge < -0.3 is 11.1 Å². The Morgan fingerprint density at radius 3 is 2.78 bits per heavy atom. The third-order valence-corrected chi connectivity index (χ3v) is 3.67. The highest BCUT2D eigenvalue weighted by Crippen LogP contribution is 2.27. The van der Waals surface area contributed by atoms with Crippen molar-refractivity contribution in [3.63, 3.8) is 0 Å². The average Bonchev–Trinajstić information content (AvgIpc) is 2.31. The van der Waals surface area contributed by atoms with Crippen LogP contribution >= 0.6 is 11.8 Å². The SMILES string of the molecule is CCNC(=O)c1ccc(N)c(SCCC(C)C)c1. The number of thioether (sulfide) groups is 1. The molecule has 0 spiro atoms. The number of carbonyl (C=O) groups is 1. The van der Waals surface area contributed by atoms with E-state index in [9.17, 15) is 4.79 Å². The van der Waals surface area contributed by atoms with Crippen molar-refractivity contribution < 1.29 is 4.79 Å². The van der Waals surface area contributed by atoms with Crippen molar-refractivity contribution in [1.82, 2.24) is 5.32 Å². The molecule has 0 atom stereocenters. The van der Waals surface area contributed by atoms with Crippen molar-refractivity contribution in [2.75, 3.05) is 18.0 Å². The molecule has 0 heterocycles. The minimum Gasteiger partial charge on any atom is -0.398 e. The van der Waals surface area contributed by atoms with E-state index in [1.54, 1.807) is 17.8 Å². The van der Waals surface area contributed by atoms with Gasteiger partial charge in [-0.2, -0.15) is 0 Å². The normalized spacial score (nSPS) is 10.7. The first-order chi connectivity index (χ1) is 8.54. The number of rotatable bonds is 6. The number of amides is 1. The summed E-state index contributed by atoms with van der Waals surface area (Å²) in [6.45, 7) is 6.95. The van der Waals surface area contributed by atoms with E-state index < -0.39 is 0 Å². The Morgan fingerprint density at radius 2 is 2.17 bits per heavy atom. The van der Waals surface area contributed by atoms with E-state index in [0.29, 0.717) is 18.0 Å². The Labute approximate surface area is 114 Å². The maximum absolute atomic E-state index is 11.7. The Hall–Kier alpha value is -1.16. The molecule has 1 aromatic carbocycles. The molecule has 3 nitrogen and oxygen atoms in total. The van der Waals surface area contributed by atoms with Crippen LogP contribution in [0.25, 0.3) is 0 Å². The largest absolute Gasteiger partial charge is 0.398 e. The molecule has 0 aliphatic heterocycles. The molecule has 0 bridgehead atoms. The number of nitrogen functional groups attached to an aromatic ring is 1. The van der Waals surface area contributed by atoms with Gasteiger partial charge in [-0.15, -0.1) is 11.8 Å². The summed E-state index contributed by atoms with van der Waals surface area (Å²) in [5, 5.41) is 2.79. The number of nitrogens with one attached hydrogen (secondary N) is 1. The van der Waals surface area contributed by atoms with E-state index in [0.717, 1.165) is 22.8 Å². The molecular formula is C14H22N2OS. The fraction of sp³-hybridized carbons (Fsp3) is 0.500. The summed E-state index contributed by atoms with van der Waals surface area (Å²) in [6, 6.07) is 5.46. The van der Waals surface area contributed by atoms with E-state index >= 15 is 0 Å². The lowest BCUT2D eigenvalue weighted by Gasteiger charge is -2.09. The summed E-state index contributed by atoms with van der Waals surface area (Å²) >= 11 is 1.72. The Kier molecular flexibility index (Phi) is 6.05. The van der Waals surface area contributed by atoms with Crippen LogP contribution in [0.15, 0.2) is 23.1 Å². The Balaban J connectivity index is 2.71. The molecule has 1 aromatic rings. The van der Waals surface area contributed by atoms with Gasteiger partial charge in [0.1, 0.15) is 0 Å². The maximum Gasteiger partial charge on any atom is 0.251 e. The summed E-state index contributed by atoms with van der Waals surface area (Å²) in [5.41, 5.74) is 7.35. The van der Waals surface area contributed by atoms with Crippen molar-refractivity contribution in [3.8, 4) is 0 Å². The van der Waals surface area contributed by atoms with Gasteiger partial charge in [-0.25, -0.2) is 0 Å². The topological polar surface area (TPSA) is 55.1 Å². The van der Waals surface area contributed by atoms with Crippen LogP contribution in [-0.2, 0) is 0 Å². The van der Waals surface area contributed by atoms with Crippen molar-refractivity contribution in [1.29, 1.82) is 0 Å². The number of carbonyl (C=O) groups excluding carboxylic acids is 1. The van der Waals surface area contributed by atoms with Gasteiger partial charge in [0.25, 0.3) is 5.91 Å². The number of nitrogens with two attached hydrogens (primary N) is 1. The van der Waals surface area contributed by atoms with E-state index in [4.69, 9.17) is 5.73 Å². The Bertz CT molecular complexity index is 405. The van der Waals surface area contributed by atoms with E-state index in [1.807, 2.05) is 19.1 Å². The van der Waals surface area contributed by atoms with Gasteiger partial charge in [-0.1, -0.05) is 13.8 Å². The summed E-state index contributed by atoms with van der Waals surface area (Å²) in [5.74, 6) is 1.68. The van der Waals surface area contributed by atoms with Crippen LogP contribution in [0.4, 0.5) is 5.69 Å². The third-order valence-electron chi connectivity index (χ3n) is 2.57. The quantitative estimate of drug-likeness (QED) is 0.614. The molecule has 0 aromatic heterocycles. The molecule has 3 N–H and O–H groups in total. The predicted octanol–water partition coefficient (Wildman–Crippen LogP) is 3.16. The third kappa shape index (κ3) is 4.61. The standard InChI is InChI=1S/C14H22N2OS/c1-4-16-14(17)11-5-6-12(15)13(9-11)18-8-7-10(2)3/h5-6,9-10H,4,7-8,15H2,1-3H3,(H,16,17). The molecule has 18 heavy (non-hydrogen) atoms. The predicted molar refractivity (Wildman–Crippen MR) is 79.0 cm³/mol. The zero-order valence-electron chi connectivity index (χ0n) is 11.3. The molecule has 0 radical (unpaired) electrons. The molecule has 0 aliphatic carbocycles. The molecule has 1 amide bonds. The van der Waals surface area contributed by atoms with Crippen LogP contribution in [-0.4, -0.2) is 18.2 Å². The molecule has 4 heteroatoms. The van der Waals surface area contributed by atoms with Crippen LogP contribution in [0.5, 0.6) is 0 Å². The van der Waals surface area contributed by atoms with E-state index in [1.165, 1.54) is 0 Å². The lowest BCUT2D eigenvalue weighted by atomic mass is 10.2. The molecule has 0 saturated carbocycles. The van der Waals surface area contributed by atoms with Crippen LogP contribution < -0.4 is 11.1 Å². The fourth-order valence-electron chi connectivity index (χ4n) is 1.47. The Morgan fingerprint density at radius 1 is 1.44 bits per heavy atom. The van der Waals surface area contributed by atoms with Gasteiger partial charge in [0, 0.05) is 22.7 Å². The zero-order valence-corrected chi connectivity index (χ0v) is 12.1. The first-order valence-corrected chi connectivity index (χ1v) is 7.33. The average molecular weight is 266 g/mol. The minimum absolute atomic E-state index is 0.0387. The van der Waals surface area contributed by atoms with Gasteiger partial charge in [-0.05, 0) is 43.2 Å². The number of hydrogen-bond acceptors (Lipinski definition) is 3. The second-order valence-electron chi connectivity index (χ2n) is 4.64. The highest BCUT2D eigenvalue weighted by molar-refractivity contribution is 7.99. The summed E-state index contributed by atoms with van der Waals surface area (Å²) in [4.78, 5) is 12.7. The molecule has 100 valence electrons. The van der Waals surface area contributed by atoms with Gasteiger partial charge in [0.2, 0.25) is 0 Å². The highest BCUT2D eigenvalue weighted by atomic mass is 32.2. The number of anilines is 1. The van der Waals surface area contributed by atoms with Crippen LogP contribution in [0.3, 0.4) is 0 Å². The number of hydrogen-bond donors (Lipinski definition) is 2. The maximum atomic E-state index is 11.7. The van der Waals surface area contributed by atoms with Crippen LogP contribution in [0.2, 0.25) is 0 Å². The van der Waals surface area contributed by atoms with Crippen molar-refractivity contribution in [2.45, 2.75) is 32.1 Å². The fourth-order valence-corrected chi connectivity index (χ4v) is 2.72. The number of benzene rings is 1. The van der Waals surface area contributed by atoms with Crippen LogP contribution in [0.1, 0.15) is 37.6 Å². The summed E-state index contributed by atoms with van der Waals surface area (Å²) in [6.07, 6.45) is 1.15. The molecule has 1 rings (SSSR count).